The van der Waals surface area contributed by atoms with E-state index in [4.69, 9.17) is 4.98 Å². The number of nitrogens with zero attached hydrogens (tertiary/aromatic N) is 4. The number of fused-ring (bicyclic) bond motifs is 1. The minimum absolute atomic E-state index is 0.0311. The third-order valence-electron chi connectivity index (χ3n) is 4.79. The van der Waals surface area contributed by atoms with Crippen LogP contribution in [-0.4, -0.2) is 31.2 Å². The molecule has 0 fully saturated rings. The Labute approximate surface area is 152 Å². The van der Waals surface area contributed by atoms with Crippen LogP contribution in [0, 0.1) is 0 Å². The molecule has 134 valence electrons. The summed E-state index contributed by atoms with van der Waals surface area (Å²) in [4.78, 5) is 22.6. The van der Waals surface area contributed by atoms with E-state index in [1.165, 1.54) is 5.56 Å². The standard InChI is InChI=1S/C20H23N5O/c1-14(2)25-12-15(10-21-25)11-24-9-8-18-17(13-24)20(26)23-19(22-18)16-6-4-3-5-7-16/h3-7,10,12,14H,8-9,11,13H2,1-2H3,(H,22,23,26). The SMILES string of the molecule is CC(C)n1cc(CN2CCc3nc(-c4ccccc4)[nH]c(=O)c3C2)cn1. The van der Waals surface area contributed by atoms with Crippen LogP contribution < -0.4 is 5.56 Å². The Morgan fingerprint density at radius 2 is 2.04 bits per heavy atom. The number of benzene rings is 1. The van der Waals surface area contributed by atoms with Gasteiger partial charge in [0.15, 0.2) is 0 Å². The average molecular weight is 349 g/mol. The van der Waals surface area contributed by atoms with E-state index in [2.05, 4.69) is 35.0 Å². The molecule has 1 aromatic carbocycles. The van der Waals surface area contributed by atoms with E-state index in [9.17, 15) is 4.79 Å². The van der Waals surface area contributed by atoms with Gasteiger partial charge in [-0.15, -0.1) is 0 Å². The Balaban J connectivity index is 1.54. The van der Waals surface area contributed by atoms with E-state index >= 15 is 0 Å². The van der Waals surface area contributed by atoms with Gasteiger partial charge in [-0.05, 0) is 13.8 Å². The summed E-state index contributed by atoms with van der Waals surface area (Å²) in [6.45, 7) is 6.54. The molecule has 0 radical (unpaired) electrons. The second-order valence-electron chi connectivity index (χ2n) is 7.09. The van der Waals surface area contributed by atoms with Gasteiger partial charge in [0.1, 0.15) is 5.82 Å². The van der Waals surface area contributed by atoms with Gasteiger partial charge < -0.3 is 4.98 Å². The van der Waals surface area contributed by atoms with Crippen LogP contribution in [0.1, 0.15) is 36.7 Å². The first kappa shape index (κ1) is 16.7. The molecule has 3 aromatic rings. The molecular formula is C20H23N5O. The fourth-order valence-corrected chi connectivity index (χ4v) is 3.35. The van der Waals surface area contributed by atoms with Gasteiger partial charge >= 0.3 is 0 Å². The Bertz CT molecular complexity index is 958. The van der Waals surface area contributed by atoms with Crippen molar-refractivity contribution in [3.05, 3.63) is 69.9 Å². The smallest absolute Gasteiger partial charge is 0.255 e. The Hall–Kier alpha value is -2.73. The van der Waals surface area contributed by atoms with Crippen molar-refractivity contribution < 1.29 is 0 Å². The first-order chi connectivity index (χ1) is 12.6. The molecule has 0 saturated carbocycles. The van der Waals surface area contributed by atoms with Crippen molar-refractivity contribution in [2.45, 2.75) is 39.4 Å². The zero-order valence-electron chi connectivity index (χ0n) is 15.1. The number of rotatable bonds is 4. The molecule has 4 rings (SSSR count). The highest BCUT2D eigenvalue weighted by Crippen LogP contribution is 2.20. The first-order valence-corrected chi connectivity index (χ1v) is 9.03. The highest BCUT2D eigenvalue weighted by atomic mass is 16.1. The molecule has 0 atom stereocenters. The predicted molar refractivity (Wildman–Crippen MR) is 101 cm³/mol. The van der Waals surface area contributed by atoms with Crippen molar-refractivity contribution in [2.24, 2.45) is 0 Å². The van der Waals surface area contributed by atoms with Crippen molar-refractivity contribution in [3.8, 4) is 11.4 Å². The molecule has 3 heterocycles. The third-order valence-corrected chi connectivity index (χ3v) is 4.79. The molecular weight excluding hydrogens is 326 g/mol. The molecule has 0 saturated heterocycles. The maximum Gasteiger partial charge on any atom is 0.255 e. The number of aromatic amines is 1. The maximum atomic E-state index is 12.6. The largest absolute Gasteiger partial charge is 0.306 e. The van der Waals surface area contributed by atoms with E-state index in [1.807, 2.05) is 41.2 Å². The summed E-state index contributed by atoms with van der Waals surface area (Å²) in [5.41, 5.74) is 3.79. The molecule has 0 aliphatic carbocycles. The summed E-state index contributed by atoms with van der Waals surface area (Å²) in [6, 6.07) is 10.1. The molecule has 0 spiro atoms. The van der Waals surface area contributed by atoms with Crippen molar-refractivity contribution >= 4 is 0 Å². The summed E-state index contributed by atoms with van der Waals surface area (Å²) in [5, 5.41) is 4.40. The zero-order valence-corrected chi connectivity index (χ0v) is 15.1. The predicted octanol–water partition coefficient (Wildman–Crippen LogP) is 2.77. The van der Waals surface area contributed by atoms with Crippen molar-refractivity contribution in [1.29, 1.82) is 0 Å². The Morgan fingerprint density at radius 1 is 1.23 bits per heavy atom. The maximum absolute atomic E-state index is 12.6. The lowest BCUT2D eigenvalue weighted by atomic mass is 10.1. The van der Waals surface area contributed by atoms with E-state index in [1.54, 1.807) is 0 Å². The number of hydrogen-bond donors (Lipinski definition) is 1. The van der Waals surface area contributed by atoms with Crippen LogP contribution in [0.15, 0.2) is 47.5 Å². The van der Waals surface area contributed by atoms with E-state index < -0.39 is 0 Å². The highest BCUT2D eigenvalue weighted by Gasteiger charge is 2.22. The zero-order chi connectivity index (χ0) is 18.1. The van der Waals surface area contributed by atoms with Crippen molar-refractivity contribution in [3.63, 3.8) is 0 Å². The molecule has 6 nitrogen and oxygen atoms in total. The fraction of sp³-hybridized carbons (Fsp3) is 0.350. The van der Waals surface area contributed by atoms with Gasteiger partial charge in [0.05, 0.1) is 17.5 Å². The highest BCUT2D eigenvalue weighted by molar-refractivity contribution is 5.54. The van der Waals surface area contributed by atoms with Gasteiger partial charge in [-0.1, -0.05) is 30.3 Å². The van der Waals surface area contributed by atoms with Crippen LogP contribution >= 0.6 is 0 Å². The van der Waals surface area contributed by atoms with Crippen LogP contribution in [0.3, 0.4) is 0 Å². The van der Waals surface area contributed by atoms with Crippen LogP contribution in [0.5, 0.6) is 0 Å². The van der Waals surface area contributed by atoms with Gasteiger partial charge in [0.2, 0.25) is 0 Å². The lowest BCUT2D eigenvalue weighted by Crippen LogP contribution is -2.35. The summed E-state index contributed by atoms with van der Waals surface area (Å²) in [5.74, 6) is 0.654. The quantitative estimate of drug-likeness (QED) is 0.786. The van der Waals surface area contributed by atoms with Crippen molar-refractivity contribution in [1.82, 2.24) is 24.6 Å². The third kappa shape index (κ3) is 3.32. The monoisotopic (exact) mass is 349 g/mol. The Kier molecular flexibility index (Phi) is 4.42. The molecule has 1 N–H and O–H groups in total. The molecule has 0 amide bonds. The van der Waals surface area contributed by atoms with E-state index in [0.29, 0.717) is 18.4 Å². The van der Waals surface area contributed by atoms with Gasteiger partial charge in [-0.25, -0.2) is 4.98 Å². The number of H-pyrrole nitrogens is 1. The van der Waals surface area contributed by atoms with Gasteiger partial charge in [0, 0.05) is 49.4 Å². The minimum Gasteiger partial charge on any atom is -0.306 e. The molecule has 2 aromatic heterocycles. The topological polar surface area (TPSA) is 66.8 Å². The summed E-state index contributed by atoms with van der Waals surface area (Å²) in [6.07, 6.45) is 4.79. The average Bonchev–Trinajstić information content (AvgIpc) is 3.12. The molecule has 1 aliphatic rings. The second-order valence-corrected chi connectivity index (χ2v) is 7.09. The van der Waals surface area contributed by atoms with Gasteiger partial charge in [0.25, 0.3) is 5.56 Å². The summed E-state index contributed by atoms with van der Waals surface area (Å²) < 4.78 is 1.97. The molecule has 26 heavy (non-hydrogen) atoms. The lowest BCUT2D eigenvalue weighted by molar-refractivity contribution is 0.241. The van der Waals surface area contributed by atoms with Crippen LogP contribution in [0.25, 0.3) is 11.4 Å². The number of hydrogen-bond acceptors (Lipinski definition) is 4. The first-order valence-electron chi connectivity index (χ1n) is 9.03. The van der Waals surface area contributed by atoms with E-state index in [0.717, 1.165) is 36.3 Å². The van der Waals surface area contributed by atoms with Crippen LogP contribution in [0.2, 0.25) is 0 Å². The molecule has 0 unspecified atom stereocenters. The number of nitrogens with one attached hydrogen (secondary N) is 1. The normalized spacial score (nSPS) is 14.6. The number of aromatic nitrogens is 4. The van der Waals surface area contributed by atoms with Gasteiger partial charge in [-0.3, -0.25) is 14.4 Å². The Morgan fingerprint density at radius 3 is 2.77 bits per heavy atom. The fourth-order valence-electron chi connectivity index (χ4n) is 3.35. The van der Waals surface area contributed by atoms with Crippen molar-refractivity contribution in [2.75, 3.05) is 6.54 Å². The molecule has 6 heteroatoms. The minimum atomic E-state index is -0.0311. The van der Waals surface area contributed by atoms with Crippen LogP contribution in [0.4, 0.5) is 0 Å². The van der Waals surface area contributed by atoms with E-state index in [-0.39, 0.29) is 5.56 Å². The molecule has 1 aliphatic heterocycles. The summed E-state index contributed by atoms with van der Waals surface area (Å²) >= 11 is 0. The second kappa shape index (κ2) is 6.88. The molecule has 0 bridgehead atoms. The van der Waals surface area contributed by atoms with Gasteiger partial charge in [-0.2, -0.15) is 5.10 Å². The summed E-state index contributed by atoms with van der Waals surface area (Å²) in [7, 11) is 0. The van der Waals surface area contributed by atoms with Crippen LogP contribution in [-0.2, 0) is 19.5 Å². The lowest BCUT2D eigenvalue weighted by Gasteiger charge is -2.27.